The number of imidazole rings is 1. The highest BCUT2D eigenvalue weighted by Gasteiger charge is 2.31. The molecule has 0 aliphatic rings. The Bertz CT molecular complexity index is 1240. The third-order valence-electron chi connectivity index (χ3n) is 4.89. The summed E-state index contributed by atoms with van der Waals surface area (Å²) in [6, 6.07) is 8.48. The maximum atomic E-state index is 12.9. The molecule has 156 valence electrons. The quantitative estimate of drug-likeness (QED) is 0.399. The summed E-state index contributed by atoms with van der Waals surface area (Å²) in [7, 11) is 1.78. The summed E-state index contributed by atoms with van der Waals surface area (Å²) in [6.07, 6.45) is -2.19. The fraction of sp³-hybridized carbons (Fsp3) is 0.286. The van der Waals surface area contributed by atoms with Gasteiger partial charge in [0.25, 0.3) is 0 Å². The van der Waals surface area contributed by atoms with Gasteiger partial charge in [-0.2, -0.15) is 18.2 Å². The lowest BCUT2D eigenvalue weighted by atomic mass is 10.1. The van der Waals surface area contributed by atoms with Gasteiger partial charge in [0.05, 0.1) is 16.6 Å². The van der Waals surface area contributed by atoms with Gasteiger partial charge in [0.15, 0.2) is 11.4 Å². The number of aromatic nitrogens is 3. The molecule has 0 aliphatic carbocycles. The van der Waals surface area contributed by atoms with Crippen molar-refractivity contribution in [2.24, 2.45) is 7.05 Å². The minimum Gasteiger partial charge on any atom is -0.423 e. The van der Waals surface area contributed by atoms with E-state index in [0.29, 0.717) is 29.0 Å². The van der Waals surface area contributed by atoms with E-state index in [1.165, 1.54) is 6.07 Å². The number of carbonyl (C=O) groups excluding carboxylic acids is 1. The Balaban J connectivity index is 1.63. The highest BCUT2D eigenvalue weighted by atomic mass is 19.4. The summed E-state index contributed by atoms with van der Waals surface area (Å²) in [5.41, 5.74) is 1.53. The Hall–Kier alpha value is -3.36. The predicted octanol–water partition coefficient (Wildman–Crippen LogP) is 5.85. The van der Waals surface area contributed by atoms with E-state index in [4.69, 9.17) is 4.42 Å². The van der Waals surface area contributed by atoms with Gasteiger partial charge in [0.2, 0.25) is 5.95 Å². The summed E-state index contributed by atoms with van der Waals surface area (Å²) in [5.74, 6) is 0.462. The highest BCUT2D eigenvalue weighted by molar-refractivity contribution is 5.99. The van der Waals surface area contributed by atoms with Gasteiger partial charge in [-0.1, -0.05) is 13.3 Å². The van der Waals surface area contributed by atoms with Gasteiger partial charge in [-0.3, -0.25) is 10.1 Å². The van der Waals surface area contributed by atoms with Crippen LogP contribution in [-0.4, -0.2) is 20.3 Å². The molecule has 2 aromatic carbocycles. The maximum absolute atomic E-state index is 12.9. The van der Waals surface area contributed by atoms with Gasteiger partial charge in [0, 0.05) is 19.0 Å². The van der Waals surface area contributed by atoms with E-state index >= 15 is 0 Å². The number of ketones is 1. The number of nitrogens with one attached hydrogen (secondary N) is 1. The molecule has 0 spiro atoms. The first kappa shape index (κ1) is 19.9. The number of unbranched alkanes of at least 4 members (excludes halogenated alkanes) is 1. The Morgan fingerprint density at radius 2 is 1.93 bits per heavy atom. The molecule has 9 heteroatoms. The van der Waals surface area contributed by atoms with Crippen molar-refractivity contribution < 1.29 is 22.4 Å². The zero-order valence-electron chi connectivity index (χ0n) is 16.4. The summed E-state index contributed by atoms with van der Waals surface area (Å²) >= 11 is 0. The van der Waals surface area contributed by atoms with Crippen molar-refractivity contribution >= 4 is 39.9 Å². The normalized spacial score (nSPS) is 12.0. The van der Waals surface area contributed by atoms with Crippen molar-refractivity contribution in [3.63, 3.8) is 0 Å². The number of benzene rings is 2. The van der Waals surface area contributed by atoms with Crippen LogP contribution in [0.25, 0.3) is 22.1 Å². The van der Waals surface area contributed by atoms with Gasteiger partial charge in [0.1, 0.15) is 5.52 Å². The number of carbonyl (C=O) groups is 1. The molecule has 0 atom stereocenters. The molecular formula is C21H19F3N4O2. The molecule has 2 heterocycles. The SMILES string of the molecule is CCCCC(=O)c1ccc2c(c1)nc(Nc1nc3ccc(C(F)(F)F)cc3o1)n2C. The summed E-state index contributed by atoms with van der Waals surface area (Å²) in [5, 5.41) is 2.90. The van der Waals surface area contributed by atoms with E-state index in [0.717, 1.165) is 30.5 Å². The molecule has 0 bridgehead atoms. The molecule has 0 saturated heterocycles. The Morgan fingerprint density at radius 1 is 1.13 bits per heavy atom. The second-order valence-corrected chi connectivity index (χ2v) is 7.05. The largest absolute Gasteiger partial charge is 0.423 e. The van der Waals surface area contributed by atoms with E-state index in [9.17, 15) is 18.0 Å². The molecule has 0 amide bonds. The van der Waals surface area contributed by atoms with Gasteiger partial charge in [-0.15, -0.1) is 0 Å². The first-order chi connectivity index (χ1) is 14.3. The van der Waals surface area contributed by atoms with Crippen LogP contribution < -0.4 is 5.32 Å². The molecule has 0 fully saturated rings. The number of oxazole rings is 1. The molecule has 4 rings (SSSR count). The number of anilines is 2. The fourth-order valence-corrected chi connectivity index (χ4v) is 3.22. The Labute approximate surface area is 169 Å². The Morgan fingerprint density at radius 3 is 2.67 bits per heavy atom. The van der Waals surface area contributed by atoms with E-state index in [1.54, 1.807) is 23.7 Å². The van der Waals surface area contributed by atoms with Crippen LogP contribution in [0.5, 0.6) is 0 Å². The molecular weight excluding hydrogens is 397 g/mol. The van der Waals surface area contributed by atoms with Crippen LogP contribution in [0.4, 0.5) is 25.1 Å². The average molecular weight is 416 g/mol. The number of rotatable bonds is 6. The molecule has 2 aromatic heterocycles. The van der Waals surface area contributed by atoms with Gasteiger partial charge < -0.3 is 8.98 Å². The minimum atomic E-state index is -4.46. The lowest BCUT2D eigenvalue weighted by Gasteiger charge is -2.04. The van der Waals surface area contributed by atoms with Crippen molar-refractivity contribution in [3.05, 3.63) is 47.5 Å². The number of halogens is 3. The predicted molar refractivity (Wildman–Crippen MR) is 107 cm³/mol. The third-order valence-corrected chi connectivity index (χ3v) is 4.89. The maximum Gasteiger partial charge on any atom is 0.416 e. The second-order valence-electron chi connectivity index (χ2n) is 7.05. The molecule has 1 N–H and O–H groups in total. The smallest absolute Gasteiger partial charge is 0.416 e. The van der Waals surface area contributed by atoms with Crippen LogP contribution in [0, 0.1) is 0 Å². The number of alkyl halides is 3. The standard InChI is InChI=1S/C21H19F3N4O2/c1-3-4-5-17(29)12-6-9-16-15(10-12)25-19(28(16)2)27-20-26-14-8-7-13(21(22,23)24)11-18(14)30-20/h6-11H,3-5H2,1-2H3,(H,25,26,27). The minimum absolute atomic E-state index is 0.0231. The van der Waals surface area contributed by atoms with Gasteiger partial charge in [-0.05, 0) is 42.8 Å². The zero-order chi connectivity index (χ0) is 21.5. The van der Waals surface area contributed by atoms with E-state index in [2.05, 4.69) is 15.3 Å². The fourth-order valence-electron chi connectivity index (χ4n) is 3.22. The lowest BCUT2D eigenvalue weighted by Crippen LogP contribution is -2.03. The van der Waals surface area contributed by atoms with Crippen LogP contribution >= 0.6 is 0 Å². The summed E-state index contributed by atoms with van der Waals surface area (Å²) in [6.45, 7) is 2.03. The number of hydrogen-bond acceptors (Lipinski definition) is 5. The van der Waals surface area contributed by atoms with E-state index in [1.807, 2.05) is 13.0 Å². The zero-order valence-corrected chi connectivity index (χ0v) is 16.4. The molecule has 30 heavy (non-hydrogen) atoms. The topological polar surface area (TPSA) is 73.0 Å². The number of fused-ring (bicyclic) bond motifs is 2. The molecule has 0 radical (unpaired) electrons. The Kier molecular flexibility index (Phi) is 4.97. The molecule has 0 unspecified atom stereocenters. The number of Topliss-reactive ketones (excluding diaryl/α,β-unsaturated/α-hetero) is 1. The first-order valence-electron chi connectivity index (χ1n) is 9.50. The van der Waals surface area contributed by atoms with Crippen molar-refractivity contribution in [2.45, 2.75) is 32.4 Å². The van der Waals surface area contributed by atoms with Crippen molar-refractivity contribution in [1.29, 1.82) is 0 Å². The van der Waals surface area contributed by atoms with Crippen LogP contribution in [0.1, 0.15) is 42.1 Å². The van der Waals surface area contributed by atoms with Crippen LogP contribution in [-0.2, 0) is 13.2 Å². The summed E-state index contributed by atoms with van der Waals surface area (Å²) in [4.78, 5) is 20.9. The second kappa shape index (κ2) is 7.47. The van der Waals surface area contributed by atoms with E-state index < -0.39 is 11.7 Å². The van der Waals surface area contributed by atoms with Crippen LogP contribution in [0.15, 0.2) is 40.8 Å². The van der Waals surface area contributed by atoms with Gasteiger partial charge >= 0.3 is 12.2 Å². The molecule has 4 aromatic rings. The van der Waals surface area contributed by atoms with Crippen molar-refractivity contribution in [1.82, 2.24) is 14.5 Å². The lowest BCUT2D eigenvalue weighted by molar-refractivity contribution is -0.137. The van der Waals surface area contributed by atoms with Crippen molar-refractivity contribution in [2.75, 3.05) is 5.32 Å². The van der Waals surface area contributed by atoms with Crippen LogP contribution in [0.3, 0.4) is 0 Å². The van der Waals surface area contributed by atoms with Crippen LogP contribution in [0.2, 0.25) is 0 Å². The third kappa shape index (κ3) is 3.74. The number of hydrogen-bond donors (Lipinski definition) is 1. The highest BCUT2D eigenvalue weighted by Crippen LogP contribution is 2.32. The number of nitrogens with zero attached hydrogens (tertiary/aromatic N) is 3. The molecule has 6 nitrogen and oxygen atoms in total. The van der Waals surface area contributed by atoms with E-state index in [-0.39, 0.29) is 17.4 Å². The van der Waals surface area contributed by atoms with Crippen molar-refractivity contribution in [3.8, 4) is 0 Å². The summed E-state index contributed by atoms with van der Waals surface area (Å²) < 4.78 is 45.8. The molecule has 0 aliphatic heterocycles. The number of aryl methyl sites for hydroxylation is 1. The average Bonchev–Trinajstić information content (AvgIpc) is 3.25. The van der Waals surface area contributed by atoms with Gasteiger partial charge in [-0.25, -0.2) is 4.98 Å². The monoisotopic (exact) mass is 416 g/mol. The first-order valence-corrected chi connectivity index (χ1v) is 9.50. The molecule has 0 saturated carbocycles.